The van der Waals surface area contributed by atoms with Crippen molar-refractivity contribution in [1.29, 1.82) is 0 Å². The van der Waals surface area contributed by atoms with Gasteiger partial charge in [0.1, 0.15) is 12.2 Å². The van der Waals surface area contributed by atoms with Crippen molar-refractivity contribution in [2.45, 2.75) is 12.6 Å². The third-order valence-corrected chi connectivity index (χ3v) is 2.05. The van der Waals surface area contributed by atoms with Gasteiger partial charge in [-0.3, -0.25) is 9.59 Å². The van der Waals surface area contributed by atoms with Crippen molar-refractivity contribution >= 4 is 11.9 Å². The Bertz CT molecular complexity index is 416. The fourth-order valence-corrected chi connectivity index (χ4v) is 1.41. The topological polar surface area (TPSA) is 75.6 Å². The number of amides is 1. The van der Waals surface area contributed by atoms with E-state index in [1.165, 1.54) is 0 Å². The van der Waals surface area contributed by atoms with Crippen molar-refractivity contribution in [3.63, 3.8) is 0 Å². The van der Waals surface area contributed by atoms with Crippen molar-refractivity contribution < 1.29 is 19.4 Å². The first kappa shape index (κ1) is 9.51. The summed E-state index contributed by atoms with van der Waals surface area (Å²) in [6.45, 7) is 0. The number of carbonyl (C=O) groups excluding carboxylic acids is 1. The first-order valence-corrected chi connectivity index (χ1v) is 4.45. The number of carboxylic acids is 1. The molecular formula is C10H9NO4. The van der Waals surface area contributed by atoms with E-state index >= 15 is 0 Å². The molecular weight excluding hydrogens is 198 g/mol. The predicted octanol–water partition coefficient (Wildman–Crippen LogP) is 0.610. The zero-order valence-electron chi connectivity index (χ0n) is 7.77. The molecule has 1 aromatic rings. The Morgan fingerprint density at radius 3 is 2.93 bits per heavy atom. The summed E-state index contributed by atoms with van der Waals surface area (Å²) < 4.78 is 5.30. The number of benzene rings is 1. The molecule has 0 aromatic heterocycles. The lowest BCUT2D eigenvalue weighted by atomic mass is 10.1. The number of hydrogen-bond donors (Lipinski definition) is 2. The average Bonchev–Trinajstić information content (AvgIpc) is 2.16. The van der Waals surface area contributed by atoms with Gasteiger partial charge in [0.15, 0.2) is 6.23 Å². The molecule has 5 heteroatoms. The zero-order chi connectivity index (χ0) is 10.8. The molecule has 0 spiro atoms. The SMILES string of the molecule is O=C(O)CC1NC(=O)c2ccccc2O1. The van der Waals surface area contributed by atoms with E-state index in [0.717, 1.165) is 0 Å². The van der Waals surface area contributed by atoms with Gasteiger partial charge in [-0.2, -0.15) is 0 Å². The molecule has 0 saturated carbocycles. The lowest BCUT2D eigenvalue weighted by molar-refractivity contribution is -0.139. The van der Waals surface area contributed by atoms with Crippen molar-refractivity contribution in [2.24, 2.45) is 0 Å². The highest BCUT2D eigenvalue weighted by molar-refractivity contribution is 5.98. The maximum absolute atomic E-state index is 11.5. The molecule has 2 N–H and O–H groups in total. The van der Waals surface area contributed by atoms with Crippen molar-refractivity contribution in [3.8, 4) is 5.75 Å². The summed E-state index contributed by atoms with van der Waals surface area (Å²) in [4.78, 5) is 21.9. The second-order valence-electron chi connectivity index (χ2n) is 3.17. The van der Waals surface area contributed by atoms with E-state index in [-0.39, 0.29) is 12.3 Å². The Balaban J connectivity index is 2.23. The maximum Gasteiger partial charge on any atom is 0.309 e. The first-order valence-electron chi connectivity index (χ1n) is 4.45. The molecule has 2 rings (SSSR count). The molecule has 0 aliphatic carbocycles. The number of ether oxygens (including phenoxy) is 1. The Kier molecular flexibility index (Phi) is 2.29. The Labute approximate surface area is 85.7 Å². The lowest BCUT2D eigenvalue weighted by Gasteiger charge is -2.25. The van der Waals surface area contributed by atoms with Crippen LogP contribution in [0.15, 0.2) is 24.3 Å². The van der Waals surface area contributed by atoms with Crippen LogP contribution in [0.2, 0.25) is 0 Å². The van der Waals surface area contributed by atoms with Crippen molar-refractivity contribution in [2.75, 3.05) is 0 Å². The van der Waals surface area contributed by atoms with Gasteiger partial charge in [-0.05, 0) is 12.1 Å². The van der Waals surface area contributed by atoms with Gasteiger partial charge in [-0.1, -0.05) is 12.1 Å². The number of aliphatic carboxylic acids is 1. The summed E-state index contributed by atoms with van der Waals surface area (Å²) in [7, 11) is 0. The number of rotatable bonds is 2. The van der Waals surface area contributed by atoms with Crippen LogP contribution in [0.1, 0.15) is 16.8 Å². The Hall–Kier alpha value is -2.04. The van der Waals surface area contributed by atoms with E-state index < -0.39 is 12.2 Å². The van der Waals surface area contributed by atoms with Gasteiger partial charge in [-0.15, -0.1) is 0 Å². The van der Waals surface area contributed by atoms with Gasteiger partial charge >= 0.3 is 5.97 Å². The number of nitrogens with one attached hydrogen (secondary N) is 1. The Morgan fingerprint density at radius 1 is 1.47 bits per heavy atom. The zero-order valence-corrected chi connectivity index (χ0v) is 7.77. The summed E-state index contributed by atoms with van der Waals surface area (Å²) in [5, 5.41) is 11.0. The van der Waals surface area contributed by atoms with Crippen LogP contribution in [0.5, 0.6) is 5.75 Å². The van der Waals surface area contributed by atoms with Crippen LogP contribution < -0.4 is 10.1 Å². The molecule has 0 fully saturated rings. The summed E-state index contributed by atoms with van der Waals surface area (Å²) in [5.74, 6) is -0.893. The summed E-state index contributed by atoms with van der Waals surface area (Å²) in [6, 6.07) is 6.72. The third-order valence-electron chi connectivity index (χ3n) is 2.05. The van der Waals surface area contributed by atoms with Crippen LogP contribution in [0.25, 0.3) is 0 Å². The van der Waals surface area contributed by atoms with E-state index in [1.807, 2.05) is 0 Å². The van der Waals surface area contributed by atoms with Crippen LogP contribution in [0.3, 0.4) is 0 Å². The molecule has 1 aliphatic rings. The summed E-state index contributed by atoms with van der Waals surface area (Å²) in [5.41, 5.74) is 0.430. The molecule has 78 valence electrons. The largest absolute Gasteiger partial charge is 0.481 e. The normalized spacial score (nSPS) is 18.7. The fraction of sp³-hybridized carbons (Fsp3) is 0.200. The molecule has 1 atom stereocenters. The first-order chi connectivity index (χ1) is 7.16. The van der Waals surface area contributed by atoms with Gasteiger partial charge in [0.05, 0.1) is 5.56 Å². The Morgan fingerprint density at radius 2 is 2.20 bits per heavy atom. The molecule has 1 amide bonds. The van der Waals surface area contributed by atoms with Crippen LogP contribution in [-0.2, 0) is 4.79 Å². The number of para-hydroxylation sites is 1. The van der Waals surface area contributed by atoms with Crippen molar-refractivity contribution in [3.05, 3.63) is 29.8 Å². The van der Waals surface area contributed by atoms with Gasteiger partial charge in [-0.25, -0.2) is 0 Å². The van der Waals surface area contributed by atoms with Gasteiger partial charge in [0.25, 0.3) is 5.91 Å². The molecule has 0 radical (unpaired) electrons. The monoisotopic (exact) mass is 207 g/mol. The minimum absolute atomic E-state index is 0.250. The van der Waals surface area contributed by atoms with Crippen molar-refractivity contribution in [1.82, 2.24) is 5.32 Å². The predicted molar refractivity (Wildman–Crippen MR) is 50.6 cm³/mol. The average molecular weight is 207 g/mol. The van der Waals surface area contributed by atoms with E-state index in [1.54, 1.807) is 24.3 Å². The molecule has 0 bridgehead atoms. The molecule has 5 nitrogen and oxygen atoms in total. The van der Waals surface area contributed by atoms with Crippen LogP contribution in [0, 0.1) is 0 Å². The molecule has 1 aromatic carbocycles. The minimum Gasteiger partial charge on any atom is -0.481 e. The highest BCUT2D eigenvalue weighted by atomic mass is 16.5. The van der Waals surface area contributed by atoms with Crippen LogP contribution in [-0.4, -0.2) is 23.2 Å². The smallest absolute Gasteiger partial charge is 0.309 e. The van der Waals surface area contributed by atoms with E-state index in [9.17, 15) is 9.59 Å². The minimum atomic E-state index is -1.01. The van der Waals surface area contributed by atoms with Gasteiger partial charge in [0.2, 0.25) is 0 Å². The number of carboxylic acid groups (broad SMARTS) is 1. The van der Waals surface area contributed by atoms with Crippen LogP contribution >= 0.6 is 0 Å². The lowest BCUT2D eigenvalue weighted by Crippen LogP contribution is -2.44. The molecule has 1 aliphatic heterocycles. The molecule has 0 saturated heterocycles. The number of hydrogen-bond acceptors (Lipinski definition) is 3. The molecule has 1 unspecified atom stereocenters. The fourth-order valence-electron chi connectivity index (χ4n) is 1.41. The van der Waals surface area contributed by atoms with E-state index in [0.29, 0.717) is 11.3 Å². The van der Waals surface area contributed by atoms with E-state index in [2.05, 4.69) is 5.32 Å². The van der Waals surface area contributed by atoms with Gasteiger partial charge in [0, 0.05) is 0 Å². The highest BCUT2D eigenvalue weighted by Gasteiger charge is 2.26. The number of fused-ring (bicyclic) bond motifs is 1. The van der Waals surface area contributed by atoms with E-state index in [4.69, 9.17) is 9.84 Å². The standard InChI is InChI=1S/C10H9NO4/c12-9(13)5-8-11-10(14)6-3-1-2-4-7(6)15-8/h1-4,8H,5H2,(H,11,14)(H,12,13). The summed E-state index contributed by atoms with van der Waals surface area (Å²) in [6.07, 6.45) is -1.04. The quantitative estimate of drug-likeness (QED) is 0.745. The third kappa shape index (κ3) is 1.90. The van der Waals surface area contributed by atoms with Crippen LogP contribution in [0.4, 0.5) is 0 Å². The second kappa shape index (κ2) is 3.61. The summed E-state index contributed by atoms with van der Waals surface area (Å²) >= 11 is 0. The van der Waals surface area contributed by atoms with Gasteiger partial charge < -0.3 is 15.2 Å². The molecule has 15 heavy (non-hydrogen) atoms. The highest BCUT2D eigenvalue weighted by Crippen LogP contribution is 2.23. The molecule has 1 heterocycles. The second-order valence-corrected chi connectivity index (χ2v) is 3.17. The number of carbonyl (C=O) groups is 2. The maximum atomic E-state index is 11.5.